The van der Waals surface area contributed by atoms with Gasteiger partial charge in [0.25, 0.3) is 0 Å². The van der Waals surface area contributed by atoms with Gasteiger partial charge in [0.15, 0.2) is 0 Å². The number of aliphatic hydroxyl groups excluding tert-OH is 1. The molecule has 1 aromatic heterocycles. The number of halogens is 1. The second-order valence-electron chi connectivity index (χ2n) is 4.15. The van der Waals surface area contributed by atoms with Crippen LogP contribution in [0.3, 0.4) is 0 Å². The Morgan fingerprint density at radius 1 is 1.28 bits per heavy atom. The number of aromatic nitrogens is 1. The first-order valence-electron chi connectivity index (χ1n) is 5.70. The summed E-state index contributed by atoms with van der Waals surface area (Å²) < 4.78 is 1.08. The molecule has 18 heavy (non-hydrogen) atoms. The SMILES string of the molecule is CN(Cc1cccc(Br)c1)c1ccnc(CO)c1. The smallest absolute Gasteiger partial charge is 0.0853 e. The molecule has 1 N–H and O–H groups in total. The average Bonchev–Trinajstić information content (AvgIpc) is 2.39. The summed E-state index contributed by atoms with van der Waals surface area (Å²) in [7, 11) is 2.03. The Labute approximate surface area is 115 Å². The van der Waals surface area contributed by atoms with Crippen molar-refractivity contribution in [3.8, 4) is 0 Å². The van der Waals surface area contributed by atoms with Gasteiger partial charge in [0.2, 0.25) is 0 Å². The zero-order valence-electron chi connectivity index (χ0n) is 10.2. The summed E-state index contributed by atoms with van der Waals surface area (Å²) in [5.74, 6) is 0. The van der Waals surface area contributed by atoms with E-state index in [0.29, 0.717) is 5.69 Å². The van der Waals surface area contributed by atoms with Crippen molar-refractivity contribution < 1.29 is 5.11 Å². The molecule has 0 unspecified atom stereocenters. The van der Waals surface area contributed by atoms with E-state index >= 15 is 0 Å². The Bertz CT molecular complexity index is 531. The van der Waals surface area contributed by atoms with E-state index in [1.165, 1.54) is 5.56 Å². The van der Waals surface area contributed by atoms with Crippen LogP contribution in [0.2, 0.25) is 0 Å². The molecule has 94 valence electrons. The molecule has 1 aromatic carbocycles. The molecule has 0 amide bonds. The third-order valence-electron chi connectivity index (χ3n) is 2.71. The van der Waals surface area contributed by atoms with E-state index in [1.54, 1.807) is 6.20 Å². The molecule has 0 bridgehead atoms. The van der Waals surface area contributed by atoms with Gasteiger partial charge in [-0.05, 0) is 29.8 Å². The highest BCUT2D eigenvalue weighted by Crippen LogP contribution is 2.18. The molecule has 4 heteroatoms. The van der Waals surface area contributed by atoms with Crippen molar-refractivity contribution in [2.24, 2.45) is 0 Å². The van der Waals surface area contributed by atoms with Gasteiger partial charge in [0.1, 0.15) is 0 Å². The van der Waals surface area contributed by atoms with Crippen molar-refractivity contribution in [2.45, 2.75) is 13.2 Å². The van der Waals surface area contributed by atoms with Crippen LogP contribution in [0.15, 0.2) is 47.1 Å². The molecule has 0 saturated carbocycles. The molecule has 0 atom stereocenters. The molecule has 1 heterocycles. The first-order chi connectivity index (χ1) is 8.69. The molecule has 0 aliphatic carbocycles. The largest absolute Gasteiger partial charge is 0.390 e. The highest BCUT2D eigenvalue weighted by Gasteiger charge is 2.04. The molecule has 0 aliphatic heterocycles. The van der Waals surface area contributed by atoms with Crippen LogP contribution in [0.1, 0.15) is 11.3 Å². The maximum atomic E-state index is 9.08. The Balaban J connectivity index is 2.13. The summed E-state index contributed by atoms with van der Waals surface area (Å²) in [5.41, 5.74) is 2.97. The monoisotopic (exact) mass is 306 g/mol. The zero-order valence-corrected chi connectivity index (χ0v) is 11.8. The predicted octanol–water partition coefficient (Wildman–Crippen LogP) is 2.97. The number of rotatable bonds is 4. The molecule has 0 aliphatic rings. The number of anilines is 1. The molecule has 0 saturated heterocycles. The normalized spacial score (nSPS) is 10.4. The first-order valence-corrected chi connectivity index (χ1v) is 6.49. The van der Waals surface area contributed by atoms with E-state index in [2.05, 4.69) is 37.9 Å². The second kappa shape index (κ2) is 5.98. The fourth-order valence-electron chi connectivity index (χ4n) is 1.79. The molecular weight excluding hydrogens is 292 g/mol. The number of nitrogens with zero attached hydrogens (tertiary/aromatic N) is 2. The van der Waals surface area contributed by atoms with Gasteiger partial charge in [-0.25, -0.2) is 0 Å². The predicted molar refractivity (Wildman–Crippen MR) is 76.4 cm³/mol. The second-order valence-corrected chi connectivity index (χ2v) is 5.07. The van der Waals surface area contributed by atoms with Crippen molar-refractivity contribution in [1.82, 2.24) is 4.98 Å². The van der Waals surface area contributed by atoms with Crippen LogP contribution in [0.5, 0.6) is 0 Å². The van der Waals surface area contributed by atoms with Gasteiger partial charge in [0, 0.05) is 29.9 Å². The number of pyridine rings is 1. The van der Waals surface area contributed by atoms with E-state index in [9.17, 15) is 0 Å². The Morgan fingerprint density at radius 3 is 2.83 bits per heavy atom. The van der Waals surface area contributed by atoms with Crippen LogP contribution in [0.4, 0.5) is 5.69 Å². The lowest BCUT2D eigenvalue weighted by Crippen LogP contribution is -2.16. The van der Waals surface area contributed by atoms with E-state index in [0.717, 1.165) is 16.7 Å². The van der Waals surface area contributed by atoms with E-state index in [4.69, 9.17) is 5.11 Å². The van der Waals surface area contributed by atoms with Crippen LogP contribution in [0, 0.1) is 0 Å². The van der Waals surface area contributed by atoms with Gasteiger partial charge in [-0.1, -0.05) is 28.1 Å². The van der Waals surface area contributed by atoms with Crippen LogP contribution in [0.25, 0.3) is 0 Å². The minimum atomic E-state index is -0.0292. The third kappa shape index (κ3) is 3.31. The Morgan fingerprint density at radius 2 is 2.11 bits per heavy atom. The van der Waals surface area contributed by atoms with Crippen molar-refractivity contribution in [3.05, 3.63) is 58.3 Å². The molecule has 0 radical (unpaired) electrons. The fourth-order valence-corrected chi connectivity index (χ4v) is 2.24. The lowest BCUT2D eigenvalue weighted by Gasteiger charge is -2.19. The standard InChI is InChI=1S/C14H15BrN2O/c1-17(9-11-3-2-4-12(15)7-11)14-5-6-16-13(8-14)10-18/h2-8,18H,9-10H2,1H3. The number of aliphatic hydroxyl groups is 1. The van der Waals surface area contributed by atoms with Gasteiger partial charge in [-0.15, -0.1) is 0 Å². The van der Waals surface area contributed by atoms with Crippen molar-refractivity contribution in [1.29, 1.82) is 0 Å². The molecular formula is C14H15BrN2O. The Kier molecular flexibility index (Phi) is 4.33. The van der Waals surface area contributed by atoms with Crippen molar-refractivity contribution >= 4 is 21.6 Å². The maximum absolute atomic E-state index is 9.08. The zero-order chi connectivity index (χ0) is 13.0. The highest BCUT2D eigenvalue weighted by molar-refractivity contribution is 9.10. The highest BCUT2D eigenvalue weighted by atomic mass is 79.9. The average molecular weight is 307 g/mol. The summed E-state index contributed by atoms with van der Waals surface area (Å²) in [5, 5.41) is 9.08. The summed E-state index contributed by atoms with van der Waals surface area (Å²) in [6.45, 7) is 0.785. The molecule has 2 aromatic rings. The van der Waals surface area contributed by atoms with Gasteiger partial charge in [0.05, 0.1) is 12.3 Å². The maximum Gasteiger partial charge on any atom is 0.0853 e. The third-order valence-corrected chi connectivity index (χ3v) is 3.20. The summed E-state index contributed by atoms with van der Waals surface area (Å²) >= 11 is 3.47. The minimum absolute atomic E-state index is 0.0292. The van der Waals surface area contributed by atoms with Crippen LogP contribution in [-0.2, 0) is 13.2 Å². The van der Waals surface area contributed by atoms with Gasteiger partial charge in [-0.2, -0.15) is 0 Å². The first kappa shape index (κ1) is 13.1. The quantitative estimate of drug-likeness (QED) is 0.943. The minimum Gasteiger partial charge on any atom is -0.390 e. The summed E-state index contributed by atoms with van der Waals surface area (Å²) in [6, 6.07) is 12.1. The topological polar surface area (TPSA) is 36.4 Å². The summed E-state index contributed by atoms with van der Waals surface area (Å²) in [4.78, 5) is 6.20. The van der Waals surface area contributed by atoms with E-state index in [-0.39, 0.29) is 6.61 Å². The molecule has 0 spiro atoms. The Hall–Kier alpha value is -1.39. The summed E-state index contributed by atoms with van der Waals surface area (Å²) in [6.07, 6.45) is 1.72. The fraction of sp³-hybridized carbons (Fsp3) is 0.214. The number of hydrogen-bond donors (Lipinski definition) is 1. The van der Waals surface area contributed by atoms with Gasteiger partial charge in [-0.3, -0.25) is 4.98 Å². The van der Waals surface area contributed by atoms with Gasteiger partial charge < -0.3 is 10.0 Å². The van der Waals surface area contributed by atoms with Crippen LogP contribution in [-0.4, -0.2) is 17.1 Å². The number of benzene rings is 1. The van der Waals surface area contributed by atoms with Crippen LogP contribution < -0.4 is 4.90 Å². The van der Waals surface area contributed by atoms with Gasteiger partial charge >= 0.3 is 0 Å². The van der Waals surface area contributed by atoms with Crippen molar-refractivity contribution in [3.63, 3.8) is 0 Å². The van der Waals surface area contributed by atoms with Crippen molar-refractivity contribution in [2.75, 3.05) is 11.9 Å². The van der Waals surface area contributed by atoms with E-state index < -0.39 is 0 Å². The molecule has 3 nitrogen and oxygen atoms in total. The lowest BCUT2D eigenvalue weighted by molar-refractivity contribution is 0.277. The molecule has 0 fully saturated rings. The van der Waals surface area contributed by atoms with Crippen LogP contribution >= 0.6 is 15.9 Å². The molecule has 2 rings (SSSR count). The lowest BCUT2D eigenvalue weighted by atomic mass is 10.2. The number of hydrogen-bond acceptors (Lipinski definition) is 3. The van der Waals surface area contributed by atoms with E-state index in [1.807, 2.05) is 31.3 Å².